The molecule has 0 unspecified atom stereocenters. The molecule has 0 amide bonds. The quantitative estimate of drug-likeness (QED) is 0.0968. The second-order valence-corrected chi connectivity index (χ2v) is 8.50. The number of alkyl halides is 4. The zero-order valence-electron chi connectivity index (χ0n) is 16.1. The molecular weight excluding hydrogens is 452 g/mol. The molecule has 0 spiro atoms. The number of hydrogen-bond acceptors (Lipinski definition) is 7. The van der Waals surface area contributed by atoms with Crippen LogP contribution in [0.4, 0.5) is 23.4 Å². The molecule has 0 fully saturated rings. The standard InChI is InChI=1S/C14H22F4N8O2S2/c1-20-12(26-30(2,27)28)21-5-3-7-29-13-22-6-4-9(25-13)24-11(19)23-8-14(17,18)10(15)16/h4,6,10H,3,5,7-8H2,1-2H3,(H2,20,21,26)(H3,19,22,23,24,25). The Morgan fingerprint density at radius 1 is 1.40 bits per heavy atom. The van der Waals surface area contributed by atoms with Crippen LogP contribution in [0.3, 0.4) is 0 Å². The van der Waals surface area contributed by atoms with Crippen molar-refractivity contribution in [1.82, 2.24) is 20.0 Å². The van der Waals surface area contributed by atoms with Crippen molar-refractivity contribution in [3.8, 4) is 0 Å². The molecule has 0 aliphatic heterocycles. The molecule has 0 saturated heterocycles. The molecule has 0 aliphatic carbocycles. The molecule has 0 bridgehead atoms. The van der Waals surface area contributed by atoms with Crippen LogP contribution in [-0.4, -0.2) is 74.8 Å². The zero-order valence-corrected chi connectivity index (χ0v) is 17.7. The van der Waals surface area contributed by atoms with Crippen molar-refractivity contribution < 1.29 is 26.0 Å². The number of nitrogens with one attached hydrogen (secondary N) is 3. The number of rotatable bonds is 10. The number of nitrogens with zero attached hydrogens (tertiary/aromatic N) is 4. The maximum atomic E-state index is 12.8. The van der Waals surface area contributed by atoms with Crippen LogP contribution in [0.25, 0.3) is 0 Å². The van der Waals surface area contributed by atoms with Crippen LogP contribution in [-0.2, 0) is 10.0 Å². The number of aliphatic imine (C=N–C) groups is 2. The highest BCUT2D eigenvalue weighted by Crippen LogP contribution is 2.22. The fourth-order valence-corrected chi connectivity index (χ4v) is 2.97. The Morgan fingerprint density at radius 3 is 2.70 bits per heavy atom. The van der Waals surface area contributed by atoms with Gasteiger partial charge in [0, 0.05) is 25.5 Å². The number of guanidine groups is 2. The molecule has 0 atom stereocenters. The third-order valence-electron chi connectivity index (χ3n) is 3.02. The van der Waals surface area contributed by atoms with Crippen LogP contribution in [0.1, 0.15) is 6.42 Å². The Balaban J connectivity index is 2.47. The second-order valence-electron chi connectivity index (χ2n) is 5.69. The Bertz CT molecular complexity index is 852. The van der Waals surface area contributed by atoms with E-state index in [2.05, 4.69) is 35.3 Å². The molecule has 170 valence electrons. The Labute approximate surface area is 175 Å². The van der Waals surface area contributed by atoms with Gasteiger partial charge in [-0.3, -0.25) is 9.71 Å². The minimum absolute atomic E-state index is 0.122. The lowest BCUT2D eigenvalue weighted by molar-refractivity contribution is -0.119. The lowest BCUT2D eigenvalue weighted by Crippen LogP contribution is -2.40. The zero-order chi connectivity index (χ0) is 22.8. The molecule has 16 heteroatoms. The highest BCUT2D eigenvalue weighted by atomic mass is 32.2. The normalized spacial score (nSPS) is 13.4. The Kier molecular flexibility index (Phi) is 10.0. The summed E-state index contributed by atoms with van der Waals surface area (Å²) < 4.78 is 74.5. The van der Waals surface area contributed by atoms with Gasteiger partial charge >= 0.3 is 12.3 Å². The summed E-state index contributed by atoms with van der Waals surface area (Å²) in [5, 5.41) is 5.61. The minimum Gasteiger partial charge on any atom is -0.370 e. The lowest BCUT2D eigenvalue weighted by Gasteiger charge is -2.13. The van der Waals surface area contributed by atoms with Crippen molar-refractivity contribution in [2.75, 3.05) is 37.5 Å². The van der Waals surface area contributed by atoms with E-state index >= 15 is 0 Å². The van der Waals surface area contributed by atoms with Crippen LogP contribution >= 0.6 is 11.8 Å². The predicted octanol–water partition coefficient (Wildman–Crippen LogP) is 0.710. The van der Waals surface area contributed by atoms with Crippen LogP contribution in [0, 0.1) is 0 Å². The summed E-state index contributed by atoms with van der Waals surface area (Å²) >= 11 is 1.27. The van der Waals surface area contributed by atoms with Gasteiger partial charge in [0.15, 0.2) is 11.1 Å². The van der Waals surface area contributed by atoms with Crippen molar-refractivity contribution in [1.29, 1.82) is 0 Å². The maximum Gasteiger partial charge on any atom is 0.326 e. The van der Waals surface area contributed by atoms with Gasteiger partial charge in [0.25, 0.3) is 0 Å². The smallest absolute Gasteiger partial charge is 0.326 e. The van der Waals surface area contributed by atoms with E-state index < -0.39 is 34.9 Å². The number of anilines is 1. The summed E-state index contributed by atoms with van der Waals surface area (Å²) in [7, 11) is -1.99. The SMILES string of the molecule is CN=C(NCCCSc1nccc(NC(N)=NCC(F)(F)C(F)F)n1)NS(C)(=O)=O. The molecule has 0 saturated carbocycles. The molecule has 10 nitrogen and oxygen atoms in total. The Hall–Kier alpha value is -2.36. The highest BCUT2D eigenvalue weighted by Gasteiger charge is 2.40. The van der Waals surface area contributed by atoms with Crippen molar-refractivity contribution in [3.05, 3.63) is 12.3 Å². The molecule has 1 aromatic rings. The number of thioether (sulfide) groups is 1. The first-order chi connectivity index (χ1) is 13.9. The van der Waals surface area contributed by atoms with E-state index in [1.165, 1.54) is 31.1 Å². The number of nitrogens with two attached hydrogens (primary N) is 1. The molecule has 1 heterocycles. The summed E-state index contributed by atoms with van der Waals surface area (Å²) in [5.74, 6) is -3.91. The van der Waals surface area contributed by atoms with E-state index in [0.717, 1.165) is 6.26 Å². The highest BCUT2D eigenvalue weighted by molar-refractivity contribution is 7.99. The van der Waals surface area contributed by atoms with Gasteiger partial charge in [-0.2, -0.15) is 8.78 Å². The number of sulfonamides is 1. The average molecular weight is 475 g/mol. The van der Waals surface area contributed by atoms with E-state index in [0.29, 0.717) is 23.9 Å². The fraction of sp³-hybridized carbons (Fsp3) is 0.571. The summed E-state index contributed by atoms with van der Waals surface area (Å²) in [4.78, 5) is 15.1. The molecule has 0 aliphatic rings. The van der Waals surface area contributed by atoms with E-state index in [1.807, 2.05) is 0 Å². The minimum atomic E-state index is -4.27. The third kappa shape index (κ3) is 10.4. The monoisotopic (exact) mass is 474 g/mol. The summed E-state index contributed by atoms with van der Waals surface area (Å²) in [6, 6.07) is 1.40. The average Bonchev–Trinajstić information content (AvgIpc) is 2.64. The summed E-state index contributed by atoms with van der Waals surface area (Å²) in [5.41, 5.74) is 5.41. The van der Waals surface area contributed by atoms with Gasteiger partial charge in [0.1, 0.15) is 12.4 Å². The lowest BCUT2D eigenvalue weighted by atomic mass is 10.3. The van der Waals surface area contributed by atoms with Gasteiger partial charge in [-0.1, -0.05) is 11.8 Å². The maximum absolute atomic E-state index is 12.8. The van der Waals surface area contributed by atoms with Gasteiger partial charge in [0.05, 0.1) is 6.26 Å². The second kappa shape index (κ2) is 11.7. The molecule has 1 aromatic heterocycles. The largest absolute Gasteiger partial charge is 0.370 e. The topological polar surface area (TPSA) is 147 Å². The number of halogens is 4. The Morgan fingerprint density at radius 2 is 2.10 bits per heavy atom. The first kappa shape index (κ1) is 25.7. The van der Waals surface area contributed by atoms with Crippen molar-refractivity contribution in [2.45, 2.75) is 23.9 Å². The summed E-state index contributed by atoms with van der Waals surface area (Å²) in [6.45, 7) is -1.03. The van der Waals surface area contributed by atoms with Crippen molar-refractivity contribution in [3.63, 3.8) is 0 Å². The predicted molar refractivity (Wildman–Crippen MR) is 108 cm³/mol. The van der Waals surface area contributed by atoms with Crippen LogP contribution in [0.15, 0.2) is 27.4 Å². The van der Waals surface area contributed by atoms with Gasteiger partial charge in [-0.25, -0.2) is 32.2 Å². The van der Waals surface area contributed by atoms with Gasteiger partial charge < -0.3 is 16.4 Å². The molecule has 5 N–H and O–H groups in total. The molecule has 1 rings (SSSR count). The van der Waals surface area contributed by atoms with E-state index in [-0.39, 0.29) is 11.8 Å². The fourth-order valence-electron chi connectivity index (χ4n) is 1.69. The molecular formula is C14H22F4N8O2S2. The summed E-state index contributed by atoms with van der Waals surface area (Å²) in [6.07, 6.45) is -0.819. The first-order valence-electron chi connectivity index (χ1n) is 8.30. The first-order valence-corrected chi connectivity index (χ1v) is 11.2. The van der Waals surface area contributed by atoms with E-state index in [1.54, 1.807) is 0 Å². The number of aromatic nitrogens is 2. The van der Waals surface area contributed by atoms with E-state index in [4.69, 9.17) is 5.73 Å². The van der Waals surface area contributed by atoms with Gasteiger partial charge in [-0.05, 0) is 12.5 Å². The van der Waals surface area contributed by atoms with E-state index in [9.17, 15) is 26.0 Å². The van der Waals surface area contributed by atoms with Crippen molar-refractivity contribution >= 4 is 39.5 Å². The molecule has 30 heavy (non-hydrogen) atoms. The van der Waals surface area contributed by atoms with Gasteiger partial charge in [-0.15, -0.1) is 0 Å². The molecule has 0 radical (unpaired) electrons. The van der Waals surface area contributed by atoms with Crippen molar-refractivity contribution in [2.24, 2.45) is 15.7 Å². The van der Waals surface area contributed by atoms with Crippen LogP contribution in [0.2, 0.25) is 0 Å². The van der Waals surface area contributed by atoms with Gasteiger partial charge in [0.2, 0.25) is 16.0 Å². The van der Waals surface area contributed by atoms with Crippen LogP contribution < -0.4 is 21.1 Å². The third-order valence-corrected chi connectivity index (χ3v) is 4.53. The number of hydrogen-bond donors (Lipinski definition) is 4. The molecule has 0 aromatic carbocycles. The van der Waals surface area contributed by atoms with Crippen LogP contribution in [0.5, 0.6) is 0 Å².